The minimum Gasteiger partial charge on any atom is -0.443 e. The van der Waals surface area contributed by atoms with Crippen molar-refractivity contribution in [1.29, 1.82) is 0 Å². The highest BCUT2D eigenvalue weighted by atomic mass is 16.5. The number of likely N-dealkylation sites (N-methyl/N-ethyl adjacent to an activating group) is 2. The first-order valence-electron chi connectivity index (χ1n) is 10.1. The lowest BCUT2D eigenvalue weighted by atomic mass is 10.4. The average molecular weight is 423 g/mol. The van der Waals surface area contributed by atoms with Gasteiger partial charge in [-0.3, -0.25) is 28.8 Å². The summed E-state index contributed by atoms with van der Waals surface area (Å²) >= 11 is 0. The molecule has 11 heteroatoms. The van der Waals surface area contributed by atoms with E-state index < -0.39 is 5.97 Å². The van der Waals surface area contributed by atoms with Gasteiger partial charge < -0.3 is 9.47 Å². The van der Waals surface area contributed by atoms with Crippen molar-refractivity contribution in [2.24, 2.45) is 0 Å². The van der Waals surface area contributed by atoms with Gasteiger partial charge in [0.1, 0.15) is 6.33 Å². The van der Waals surface area contributed by atoms with E-state index in [1.54, 1.807) is 0 Å². The van der Waals surface area contributed by atoms with Crippen molar-refractivity contribution >= 4 is 23.0 Å². The number of carbonyl (C=O) groups is 2. The zero-order chi connectivity index (χ0) is 22.1. The fourth-order valence-corrected chi connectivity index (χ4v) is 2.83. The first kappa shape index (κ1) is 23.5. The predicted molar refractivity (Wildman–Crippen MR) is 108 cm³/mol. The first-order chi connectivity index (χ1) is 14.4. The van der Waals surface area contributed by atoms with Crippen LogP contribution in [0.15, 0.2) is 17.3 Å². The van der Waals surface area contributed by atoms with Gasteiger partial charge in [0.05, 0.1) is 13.1 Å². The van der Waals surface area contributed by atoms with Gasteiger partial charge in [-0.1, -0.05) is 32.4 Å². The van der Waals surface area contributed by atoms with Crippen LogP contribution in [0.1, 0.15) is 27.7 Å². The Balaban J connectivity index is 1.99. The molecule has 0 aromatic carbocycles. The summed E-state index contributed by atoms with van der Waals surface area (Å²) in [5.41, 5.74) is -0.00869. The van der Waals surface area contributed by atoms with Crippen LogP contribution < -0.4 is 10.2 Å². The summed E-state index contributed by atoms with van der Waals surface area (Å²) in [7, 11) is 0. The smallest absolute Gasteiger partial charge is 0.325 e. The fraction of sp³-hybridized carbons (Fsp3) is 0.632. The van der Waals surface area contributed by atoms with E-state index in [0.29, 0.717) is 11.0 Å². The molecule has 30 heavy (non-hydrogen) atoms. The summed E-state index contributed by atoms with van der Waals surface area (Å²) in [5, 5.41) is 3.20. The van der Waals surface area contributed by atoms with Crippen LogP contribution in [0, 0.1) is 0 Å². The Bertz CT molecular complexity index is 900. The number of rotatable bonds is 12. The van der Waals surface area contributed by atoms with Gasteiger partial charge in [0.25, 0.3) is 5.56 Å². The Morgan fingerprint density at radius 2 is 1.60 bits per heavy atom. The van der Waals surface area contributed by atoms with Crippen LogP contribution in [-0.4, -0.2) is 75.7 Å². The predicted octanol–water partition coefficient (Wildman–Crippen LogP) is -0.303. The molecule has 2 rings (SSSR count). The maximum atomic E-state index is 12.6. The molecular formula is C19H31N6O5+. The summed E-state index contributed by atoms with van der Waals surface area (Å²) in [6, 6.07) is 0. The molecule has 2 aromatic heterocycles. The highest BCUT2D eigenvalue weighted by Gasteiger charge is 2.17. The van der Waals surface area contributed by atoms with Crippen LogP contribution in [0.4, 0.5) is 0 Å². The molecule has 0 radical (unpaired) electrons. The lowest BCUT2D eigenvalue weighted by Gasteiger charge is -2.16. The van der Waals surface area contributed by atoms with Crippen molar-refractivity contribution < 1.29 is 23.7 Å². The molecule has 0 amide bonds. The van der Waals surface area contributed by atoms with Gasteiger partial charge in [0.15, 0.2) is 12.1 Å². The maximum Gasteiger partial charge on any atom is 0.325 e. The molecule has 166 valence electrons. The Labute approximate surface area is 175 Å². The second-order valence-electron chi connectivity index (χ2n) is 6.71. The number of nitrogens with one attached hydrogen (secondary N) is 1. The SMILES string of the molecule is CCN(CC)CC(=O)OCn1cnc2[nH][n+](COC(=O)CN(CC)CC)cc2c1=O. The van der Waals surface area contributed by atoms with Crippen molar-refractivity contribution in [3.63, 3.8) is 0 Å². The van der Waals surface area contributed by atoms with E-state index in [1.165, 1.54) is 21.8 Å². The first-order valence-corrected chi connectivity index (χ1v) is 10.1. The van der Waals surface area contributed by atoms with E-state index in [-0.39, 0.29) is 38.1 Å². The third-order valence-corrected chi connectivity index (χ3v) is 4.83. The van der Waals surface area contributed by atoms with E-state index >= 15 is 0 Å². The standard InChI is InChI=1S/C19H30N6O5/c1-5-22(6-2)10-16(26)29-13-24-12-20-18-15(19(24)28)9-25(21-18)14-30-17(27)11-23(7-3)8-4/h9,12H,5-8,10-11,13-14H2,1-4H3/p+1. The molecule has 1 N–H and O–H groups in total. The lowest BCUT2D eigenvalue weighted by Crippen LogP contribution is -2.39. The molecule has 0 saturated heterocycles. The number of hydrogen-bond donors (Lipinski definition) is 1. The van der Waals surface area contributed by atoms with Crippen LogP contribution in [0.25, 0.3) is 11.0 Å². The van der Waals surface area contributed by atoms with Crippen LogP contribution in [-0.2, 0) is 32.5 Å². The molecule has 0 aliphatic carbocycles. The van der Waals surface area contributed by atoms with Crippen molar-refractivity contribution in [2.75, 3.05) is 39.3 Å². The Kier molecular flexibility index (Phi) is 8.93. The monoisotopic (exact) mass is 423 g/mol. The van der Waals surface area contributed by atoms with Gasteiger partial charge >= 0.3 is 18.7 Å². The van der Waals surface area contributed by atoms with Gasteiger partial charge in [-0.15, -0.1) is 5.10 Å². The number of aromatic amines is 1. The number of carbonyl (C=O) groups excluding carboxylic acids is 2. The third kappa shape index (κ3) is 6.36. The van der Waals surface area contributed by atoms with Crippen LogP contribution in [0.5, 0.6) is 0 Å². The Morgan fingerprint density at radius 3 is 2.17 bits per heavy atom. The molecule has 2 heterocycles. The summed E-state index contributed by atoms with van der Waals surface area (Å²) in [6.45, 7) is 11.0. The van der Waals surface area contributed by atoms with Crippen LogP contribution >= 0.6 is 0 Å². The van der Waals surface area contributed by atoms with E-state index in [9.17, 15) is 14.4 Å². The zero-order valence-electron chi connectivity index (χ0n) is 18.1. The Morgan fingerprint density at radius 1 is 1.03 bits per heavy atom. The number of ether oxygens (including phenoxy) is 2. The van der Waals surface area contributed by atoms with Crippen molar-refractivity contribution in [3.05, 3.63) is 22.9 Å². The largest absolute Gasteiger partial charge is 0.443 e. The number of nitrogens with zero attached hydrogens (tertiary/aromatic N) is 5. The molecule has 0 atom stereocenters. The van der Waals surface area contributed by atoms with Gasteiger partial charge in [-0.2, -0.15) is 0 Å². The minimum atomic E-state index is -0.407. The van der Waals surface area contributed by atoms with E-state index in [1.807, 2.05) is 37.5 Å². The summed E-state index contributed by atoms with van der Waals surface area (Å²) in [4.78, 5) is 44.5. The normalized spacial score (nSPS) is 11.4. The van der Waals surface area contributed by atoms with Crippen LogP contribution in [0.3, 0.4) is 0 Å². The van der Waals surface area contributed by atoms with Gasteiger partial charge in [-0.25, -0.2) is 4.98 Å². The number of esters is 2. The molecule has 2 aromatic rings. The zero-order valence-corrected chi connectivity index (χ0v) is 18.1. The minimum absolute atomic E-state index is 0.0608. The summed E-state index contributed by atoms with van der Waals surface area (Å²) in [5.74, 6) is -0.759. The second kappa shape index (κ2) is 11.4. The Hall–Kier alpha value is -2.79. The third-order valence-electron chi connectivity index (χ3n) is 4.83. The number of hydrogen-bond acceptors (Lipinski definition) is 8. The summed E-state index contributed by atoms with van der Waals surface area (Å²) < 4.78 is 13.1. The number of H-pyrrole nitrogens is 1. The maximum absolute atomic E-state index is 12.6. The molecule has 0 aliphatic heterocycles. The molecule has 0 spiro atoms. The van der Waals surface area contributed by atoms with Crippen LogP contribution in [0.2, 0.25) is 0 Å². The highest BCUT2D eigenvalue weighted by Crippen LogP contribution is 2.00. The molecule has 0 fully saturated rings. The molecule has 0 aliphatic rings. The molecule has 11 nitrogen and oxygen atoms in total. The van der Waals surface area contributed by atoms with Gasteiger partial charge in [-0.05, 0) is 26.2 Å². The topological polar surface area (TPSA) is 114 Å². The van der Waals surface area contributed by atoms with E-state index in [0.717, 1.165) is 26.2 Å². The molecule has 0 unspecified atom stereocenters. The van der Waals surface area contributed by atoms with Crippen molar-refractivity contribution in [2.45, 2.75) is 41.2 Å². The number of fused-ring (bicyclic) bond motifs is 1. The number of aromatic nitrogens is 4. The van der Waals surface area contributed by atoms with E-state index in [2.05, 4.69) is 10.1 Å². The molecule has 0 bridgehead atoms. The highest BCUT2D eigenvalue weighted by molar-refractivity contribution is 5.72. The summed E-state index contributed by atoms with van der Waals surface area (Å²) in [6.07, 6.45) is 2.83. The quantitative estimate of drug-likeness (QED) is 0.366. The average Bonchev–Trinajstić information content (AvgIpc) is 3.18. The van der Waals surface area contributed by atoms with E-state index in [4.69, 9.17) is 9.47 Å². The second-order valence-corrected chi connectivity index (χ2v) is 6.71. The van der Waals surface area contributed by atoms with Crippen molar-refractivity contribution in [1.82, 2.24) is 24.4 Å². The fourth-order valence-electron chi connectivity index (χ4n) is 2.83. The van der Waals surface area contributed by atoms with Gasteiger partial charge in [0, 0.05) is 0 Å². The molecular weight excluding hydrogens is 392 g/mol. The van der Waals surface area contributed by atoms with Crippen molar-refractivity contribution in [3.8, 4) is 0 Å². The lowest BCUT2D eigenvalue weighted by molar-refractivity contribution is -0.775. The molecule has 0 saturated carbocycles. The van der Waals surface area contributed by atoms with Gasteiger partial charge in [0.2, 0.25) is 11.8 Å².